The van der Waals surface area contributed by atoms with E-state index in [-0.39, 0.29) is 24.2 Å². The highest BCUT2D eigenvalue weighted by Gasteiger charge is 2.30. The molecule has 0 saturated heterocycles. The van der Waals surface area contributed by atoms with Crippen LogP contribution in [0.1, 0.15) is 29.8 Å². The van der Waals surface area contributed by atoms with Gasteiger partial charge in [-0.3, -0.25) is 4.79 Å². The first-order valence-corrected chi connectivity index (χ1v) is 8.27. The van der Waals surface area contributed by atoms with Crippen LogP contribution in [0.25, 0.3) is 10.9 Å². The van der Waals surface area contributed by atoms with E-state index in [0.717, 1.165) is 17.6 Å². The molecule has 1 aromatic heterocycles. The number of aromatic amines is 1. The number of hydrogen-bond acceptors (Lipinski definition) is 1. The van der Waals surface area contributed by atoms with Crippen LogP contribution in [0.5, 0.6) is 0 Å². The van der Waals surface area contributed by atoms with Crippen molar-refractivity contribution < 1.29 is 9.18 Å². The normalized spacial score (nSPS) is 17.1. The molecule has 1 amide bonds. The quantitative estimate of drug-likeness (QED) is 0.761. The molecule has 0 aliphatic carbocycles. The molecule has 2 heterocycles. The number of H-pyrrole nitrogens is 1. The van der Waals surface area contributed by atoms with Crippen LogP contribution < -0.4 is 0 Å². The minimum Gasteiger partial charge on any atom is -0.356 e. The number of para-hydroxylation sites is 1. The van der Waals surface area contributed by atoms with Crippen LogP contribution in [0.15, 0.2) is 48.5 Å². The number of halogens is 1. The molecule has 0 spiro atoms. The van der Waals surface area contributed by atoms with Gasteiger partial charge in [0.15, 0.2) is 0 Å². The third-order valence-electron chi connectivity index (χ3n) is 4.95. The standard InChI is InChI=1S/C20H19FN2O/c1-13-20-16(15-7-3-5-9-18(15)22-20)10-11-23(13)19(24)12-14-6-2-4-8-17(14)21/h2-9,13,22H,10-12H2,1H3/t13-/m0/s1. The molecule has 3 nitrogen and oxygen atoms in total. The highest BCUT2D eigenvalue weighted by molar-refractivity contribution is 5.86. The Kier molecular flexibility index (Phi) is 3.60. The average Bonchev–Trinajstić information content (AvgIpc) is 2.97. The van der Waals surface area contributed by atoms with Crippen molar-refractivity contribution in [2.24, 2.45) is 0 Å². The molecule has 0 radical (unpaired) electrons. The summed E-state index contributed by atoms with van der Waals surface area (Å²) in [6.45, 7) is 2.70. The second-order valence-electron chi connectivity index (χ2n) is 6.34. The van der Waals surface area contributed by atoms with Crippen LogP contribution in [0.4, 0.5) is 4.39 Å². The van der Waals surface area contributed by atoms with Crippen molar-refractivity contribution in [2.75, 3.05) is 6.54 Å². The van der Waals surface area contributed by atoms with Crippen LogP contribution in [0.2, 0.25) is 0 Å². The van der Waals surface area contributed by atoms with Gasteiger partial charge in [0.2, 0.25) is 5.91 Å². The van der Waals surface area contributed by atoms with E-state index < -0.39 is 0 Å². The van der Waals surface area contributed by atoms with E-state index in [4.69, 9.17) is 0 Å². The van der Waals surface area contributed by atoms with Crippen LogP contribution >= 0.6 is 0 Å². The molecule has 1 atom stereocenters. The van der Waals surface area contributed by atoms with E-state index in [1.54, 1.807) is 18.2 Å². The summed E-state index contributed by atoms with van der Waals surface area (Å²) in [6.07, 6.45) is 0.930. The fourth-order valence-electron chi connectivity index (χ4n) is 3.68. The second kappa shape index (κ2) is 5.78. The number of carbonyl (C=O) groups is 1. The Balaban J connectivity index is 1.62. The summed E-state index contributed by atoms with van der Waals surface area (Å²) in [7, 11) is 0. The number of nitrogens with one attached hydrogen (secondary N) is 1. The molecule has 0 fully saturated rings. The third kappa shape index (κ3) is 2.39. The van der Waals surface area contributed by atoms with E-state index in [1.165, 1.54) is 17.0 Å². The molecule has 4 heteroatoms. The largest absolute Gasteiger partial charge is 0.356 e. The number of hydrogen-bond donors (Lipinski definition) is 1. The summed E-state index contributed by atoms with van der Waals surface area (Å²) in [5.41, 5.74) is 3.97. The van der Waals surface area contributed by atoms with Gasteiger partial charge in [-0.2, -0.15) is 0 Å². The summed E-state index contributed by atoms with van der Waals surface area (Å²) in [5.74, 6) is -0.348. The number of fused-ring (bicyclic) bond motifs is 3. The second-order valence-corrected chi connectivity index (χ2v) is 6.34. The first kappa shape index (κ1) is 14.9. The van der Waals surface area contributed by atoms with Crippen LogP contribution in [-0.4, -0.2) is 22.3 Å². The number of aromatic nitrogens is 1. The molecule has 0 unspecified atom stereocenters. The van der Waals surface area contributed by atoms with Crippen molar-refractivity contribution in [3.8, 4) is 0 Å². The summed E-state index contributed by atoms with van der Waals surface area (Å²) in [6, 6.07) is 14.7. The Labute approximate surface area is 140 Å². The molecular formula is C20H19FN2O. The van der Waals surface area contributed by atoms with Crippen molar-refractivity contribution in [2.45, 2.75) is 25.8 Å². The molecule has 0 saturated carbocycles. The first-order valence-electron chi connectivity index (χ1n) is 8.27. The van der Waals surface area contributed by atoms with Gasteiger partial charge in [-0.1, -0.05) is 36.4 Å². The molecule has 1 aliphatic heterocycles. The van der Waals surface area contributed by atoms with Gasteiger partial charge >= 0.3 is 0 Å². The van der Waals surface area contributed by atoms with Gasteiger partial charge in [0, 0.05) is 23.1 Å². The number of amides is 1. The van der Waals surface area contributed by atoms with Crippen molar-refractivity contribution >= 4 is 16.8 Å². The van der Waals surface area contributed by atoms with Gasteiger partial charge in [0.05, 0.1) is 12.5 Å². The van der Waals surface area contributed by atoms with Crippen molar-refractivity contribution in [3.05, 3.63) is 71.2 Å². The zero-order chi connectivity index (χ0) is 16.7. The zero-order valence-electron chi connectivity index (χ0n) is 13.6. The Morgan fingerprint density at radius 3 is 2.79 bits per heavy atom. The lowest BCUT2D eigenvalue weighted by molar-refractivity contribution is -0.133. The fraction of sp³-hybridized carbons (Fsp3) is 0.250. The molecule has 3 aromatic rings. The monoisotopic (exact) mass is 322 g/mol. The van der Waals surface area contributed by atoms with Crippen molar-refractivity contribution in [1.82, 2.24) is 9.88 Å². The molecular weight excluding hydrogens is 303 g/mol. The maximum absolute atomic E-state index is 13.8. The summed E-state index contributed by atoms with van der Waals surface area (Å²) >= 11 is 0. The topological polar surface area (TPSA) is 36.1 Å². The fourth-order valence-corrected chi connectivity index (χ4v) is 3.68. The minimum absolute atomic E-state index is 0.0274. The zero-order valence-corrected chi connectivity index (χ0v) is 13.6. The van der Waals surface area contributed by atoms with Crippen LogP contribution in [-0.2, 0) is 17.6 Å². The lowest BCUT2D eigenvalue weighted by Crippen LogP contribution is -2.39. The predicted molar refractivity (Wildman–Crippen MR) is 92.2 cm³/mol. The van der Waals surface area contributed by atoms with Gasteiger partial charge in [-0.05, 0) is 36.6 Å². The summed E-state index contributed by atoms with van der Waals surface area (Å²) in [4.78, 5) is 18.0. The van der Waals surface area contributed by atoms with Crippen LogP contribution in [0, 0.1) is 5.82 Å². The Bertz CT molecular complexity index is 915. The van der Waals surface area contributed by atoms with Crippen molar-refractivity contribution in [1.29, 1.82) is 0 Å². The molecule has 24 heavy (non-hydrogen) atoms. The van der Waals surface area contributed by atoms with E-state index in [9.17, 15) is 9.18 Å². The van der Waals surface area contributed by atoms with Crippen molar-refractivity contribution in [3.63, 3.8) is 0 Å². The Hall–Kier alpha value is -2.62. The lowest BCUT2D eigenvalue weighted by atomic mass is 9.97. The van der Waals surface area contributed by atoms with Crippen LogP contribution in [0.3, 0.4) is 0 Å². The maximum Gasteiger partial charge on any atom is 0.227 e. The number of carbonyl (C=O) groups excluding carboxylic acids is 1. The Morgan fingerprint density at radius 2 is 1.96 bits per heavy atom. The first-order chi connectivity index (χ1) is 11.6. The van der Waals surface area contributed by atoms with E-state index in [1.807, 2.05) is 24.0 Å². The molecule has 0 bridgehead atoms. The molecule has 2 aromatic carbocycles. The number of benzene rings is 2. The van der Waals surface area contributed by atoms with Gasteiger partial charge in [0.25, 0.3) is 0 Å². The SMILES string of the molecule is C[C@H]1c2[nH]c3ccccc3c2CCN1C(=O)Cc1ccccc1F. The van der Waals surface area contributed by atoms with Gasteiger partial charge in [-0.25, -0.2) is 4.39 Å². The highest BCUT2D eigenvalue weighted by Crippen LogP contribution is 2.34. The third-order valence-corrected chi connectivity index (χ3v) is 4.95. The van der Waals surface area contributed by atoms with E-state index >= 15 is 0 Å². The lowest BCUT2D eigenvalue weighted by Gasteiger charge is -2.33. The molecule has 4 rings (SSSR count). The summed E-state index contributed by atoms with van der Waals surface area (Å²) < 4.78 is 13.8. The van der Waals surface area contributed by atoms with Gasteiger partial charge in [0.1, 0.15) is 5.82 Å². The smallest absolute Gasteiger partial charge is 0.227 e. The molecule has 122 valence electrons. The maximum atomic E-state index is 13.8. The minimum atomic E-state index is -0.318. The Morgan fingerprint density at radius 1 is 1.21 bits per heavy atom. The average molecular weight is 322 g/mol. The summed E-state index contributed by atoms with van der Waals surface area (Å²) in [5, 5.41) is 1.24. The number of rotatable bonds is 2. The molecule has 1 N–H and O–H groups in total. The predicted octanol–water partition coefficient (Wildman–Crippen LogP) is 4.00. The van der Waals surface area contributed by atoms with Gasteiger partial charge in [-0.15, -0.1) is 0 Å². The number of nitrogens with zero attached hydrogens (tertiary/aromatic N) is 1. The highest BCUT2D eigenvalue weighted by atomic mass is 19.1. The van der Waals surface area contributed by atoms with Gasteiger partial charge < -0.3 is 9.88 Å². The molecule has 1 aliphatic rings. The van der Waals surface area contributed by atoms with E-state index in [0.29, 0.717) is 12.1 Å². The van der Waals surface area contributed by atoms with E-state index in [2.05, 4.69) is 17.1 Å².